The highest BCUT2D eigenvalue weighted by atomic mass is 16.5. The van der Waals surface area contributed by atoms with Crippen LogP contribution in [0.1, 0.15) is 77.9 Å². The zero-order valence-electron chi connectivity index (χ0n) is 22.5. The van der Waals surface area contributed by atoms with E-state index in [1.54, 1.807) is 0 Å². The molecule has 3 heterocycles. The number of carbonyl (C=O) groups excluding carboxylic acids is 1. The Morgan fingerprint density at radius 1 is 0.947 bits per heavy atom. The Morgan fingerprint density at radius 3 is 2.63 bits per heavy atom. The van der Waals surface area contributed by atoms with E-state index in [1.807, 2.05) is 24.3 Å². The lowest BCUT2D eigenvalue weighted by Crippen LogP contribution is -2.44. The summed E-state index contributed by atoms with van der Waals surface area (Å²) in [6.07, 6.45) is 10.2. The Morgan fingerprint density at radius 2 is 1.82 bits per heavy atom. The van der Waals surface area contributed by atoms with Crippen LogP contribution in [0.15, 0.2) is 42.5 Å². The molecular weight excluding hydrogens is 476 g/mol. The fourth-order valence-corrected chi connectivity index (χ4v) is 6.75. The number of nitrogens with one attached hydrogen (secondary N) is 1. The van der Waals surface area contributed by atoms with Crippen molar-refractivity contribution in [1.82, 2.24) is 10.2 Å². The van der Waals surface area contributed by atoms with Crippen LogP contribution in [0.25, 0.3) is 0 Å². The lowest BCUT2D eigenvalue weighted by Gasteiger charge is -2.40. The standard InChI is InChI=1S/C32H42N2O4/c35-32(23-8-11-30(12-9-23)38-22-31-4-2-16-37-31)33-28-10-7-24-19-25(5-6-26(24)20-28)27-3-1-15-34(21-27)29-13-17-36-18-14-29/h5-6,8-9,11-12,19,27-29,31H,1-4,7,10,13-18,20-22H2,(H,33,35)/t27-,28+,31+/m1/s1. The molecule has 3 aliphatic heterocycles. The lowest BCUT2D eigenvalue weighted by molar-refractivity contribution is 0.0240. The molecular formula is C32H42N2O4. The molecule has 0 aromatic heterocycles. The molecule has 0 unspecified atom stereocenters. The van der Waals surface area contributed by atoms with Gasteiger partial charge in [-0.1, -0.05) is 18.2 Å². The zero-order chi connectivity index (χ0) is 25.7. The molecule has 3 atom stereocenters. The van der Waals surface area contributed by atoms with Crippen molar-refractivity contribution in [3.8, 4) is 5.75 Å². The quantitative estimate of drug-likeness (QED) is 0.566. The van der Waals surface area contributed by atoms with E-state index in [-0.39, 0.29) is 18.1 Å². The second kappa shape index (κ2) is 12.2. The van der Waals surface area contributed by atoms with Crippen LogP contribution in [0, 0.1) is 0 Å². The Labute approximate surface area is 227 Å². The van der Waals surface area contributed by atoms with Crippen molar-refractivity contribution in [3.05, 3.63) is 64.7 Å². The van der Waals surface area contributed by atoms with Crippen molar-refractivity contribution in [2.75, 3.05) is 39.5 Å². The Hall–Kier alpha value is -2.41. The molecule has 1 N–H and O–H groups in total. The molecule has 1 amide bonds. The van der Waals surface area contributed by atoms with E-state index >= 15 is 0 Å². The first-order valence-electron chi connectivity index (χ1n) is 14.8. The zero-order valence-corrected chi connectivity index (χ0v) is 22.5. The van der Waals surface area contributed by atoms with Crippen molar-refractivity contribution in [2.24, 2.45) is 0 Å². The van der Waals surface area contributed by atoms with Crippen LogP contribution in [0.4, 0.5) is 0 Å². The largest absolute Gasteiger partial charge is 0.491 e. The average Bonchev–Trinajstić information content (AvgIpc) is 3.50. The summed E-state index contributed by atoms with van der Waals surface area (Å²) in [5.41, 5.74) is 5.05. The van der Waals surface area contributed by atoms with E-state index in [2.05, 4.69) is 28.4 Å². The summed E-state index contributed by atoms with van der Waals surface area (Å²) in [4.78, 5) is 15.7. The minimum Gasteiger partial charge on any atom is -0.491 e. The summed E-state index contributed by atoms with van der Waals surface area (Å²) in [6.45, 7) is 5.65. The molecule has 0 radical (unpaired) electrons. The first-order chi connectivity index (χ1) is 18.7. The maximum absolute atomic E-state index is 12.9. The summed E-state index contributed by atoms with van der Waals surface area (Å²) in [7, 11) is 0. The number of carbonyl (C=O) groups is 1. The maximum Gasteiger partial charge on any atom is 0.251 e. The van der Waals surface area contributed by atoms with Crippen LogP contribution in [0.5, 0.6) is 5.75 Å². The van der Waals surface area contributed by atoms with Gasteiger partial charge in [0.1, 0.15) is 12.4 Å². The average molecular weight is 519 g/mol. The van der Waals surface area contributed by atoms with E-state index in [0.29, 0.717) is 24.1 Å². The van der Waals surface area contributed by atoms with Gasteiger partial charge in [-0.2, -0.15) is 0 Å². The van der Waals surface area contributed by atoms with E-state index in [1.165, 1.54) is 55.5 Å². The number of rotatable bonds is 7. The summed E-state index contributed by atoms with van der Waals surface area (Å²) in [6, 6.07) is 15.5. The normalized spacial score (nSPS) is 26.6. The van der Waals surface area contributed by atoms with Gasteiger partial charge in [-0.15, -0.1) is 0 Å². The molecule has 6 heteroatoms. The SMILES string of the molecule is O=C(N[C@H]1CCc2cc([C@@H]3CCCN(C4CCOCC4)C3)ccc2C1)c1ccc(OC[C@@H]2CCCO2)cc1. The molecule has 6 nitrogen and oxygen atoms in total. The molecule has 38 heavy (non-hydrogen) atoms. The van der Waals surface area contributed by atoms with Gasteiger partial charge in [0.25, 0.3) is 5.91 Å². The molecule has 3 fully saturated rings. The number of hydrogen-bond donors (Lipinski definition) is 1. The lowest BCUT2D eigenvalue weighted by atomic mass is 9.83. The third-order valence-corrected chi connectivity index (χ3v) is 9.00. The number of fused-ring (bicyclic) bond motifs is 1. The van der Waals surface area contributed by atoms with Gasteiger partial charge in [0.05, 0.1) is 6.10 Å². The van der Waals surface area contributed by atoms with Gasteiger partial charge in [0, 0.05) is 44.0 Å². The molecule has 3 saturated heterocycles. The van der Waals surface area contributed by atoms with E-state index < -0.39 is 0 Å². The minimum atomic E-state index is -0.00356. The molecule has 2 aromatic carbocycles. The molecule has 4 aliphatic rings. The predicted octanol–water partition coefficient (Wildman–Crippen LogP) is 4.89. The first kappa shape index (κ1) is 25.8. The third kappa shape index (κ3) is 6.24. The molecule has 1 aliphatic carbocycles. The number of amides is 1. The van der Waals surface area contributed by atoms with Gasteiger partial charge < -0.3 is 19.5 Å². The number of ether oxygens (including phenoxy) is 3. The topological polar surface area (TPSA) is 60.0 Å². The monoisotopic (exact) mass is 518 g/mol. The number of benzene rings is 2. The second-order valence-electron chi connectivity index (χ2n) is 11.6. The van der Waals surface area contributed by atoms with Crippen LogP contribution in [0.2, 0.25) is 0 Å². The van der Waals surface area contributed by atoms with Crippen molar-refractivity contribution < 1.29 is 19.0 Å². The van der Waals surface area contributed by atoms with Crippen molar-refractivity contribution in [3.63, 3.8) is 0 Å². The fourth-order valence-electron chi connectivity index (χ4n) is 6.75. The van der Waals surface area contributed by atoms with Crippen molar-refractivity contribution in [2.45, 2.75) is 81.9 Å². The number of piperidine rings is 1. The van der Waals surface area contributed by atoms with Gasteiger partial charge in [-0.3, -0.25) is 9.69 Å². The van der Waals surface area contributed by atoms with Gasteiger partial charge in [-0.25, -0.2) is 0 Å². The van der Waals surface area contributed by atoms with Gasteiger partial charge in [-0.05, 0) is 111 Å². The molecule has 0 bridgehead atoms. The molecule has 6 rings (SSSR count). The highest BCUT2D eigenvalue weighted by Gasteiger charge is 2.29. The van der Waals surface area contributed by atoms with E-state index in [4.69, 9.17) is 14.2 Å². The van der Waals surface area contributed by atoms with Crippen LogP contribution >= 0.6 is 0 Å². The van der Waals surface area contributed by atoms with E-state index in [0.717, 1.165) is 57.7 Å². The summed E-state index contributed by atoms with van der Waals surface area (Å²) in [5.74, 6) is 1.41. The Bertz CT molecular complexity index is 1080. The van der Waals surface area contributed by atoms with E-state index in [9.17, 15) is 4.79 Å². The Balaban J connectivity index is 1.01. The third-order valence-electron chi connectivity index (χ3n) is 9.00. The predicted molar refractivity (Wildman–Crippen MR) is 148 cm³/mol. The molecule has 204 valence electrons. The van der Waals surface area contributed by atoms with Crippen LogP contribution < -0.4 is 10.1 Å². The maximum atomic E-state index is 12.9. The highest BCUT2D eigenvalue weighted by Crippen LogP contribution is 2.33. The summed E-state index contributed by atoms with van der Waals surface area (Å²) < 4.78 is 17.0. The smallest absolute Gasteiger partial charge is 0.251 e. The molecule has 0 saturated carbocycles. The number of likely N-dealkylation sites (tertiary alicyclic amines) is 1. The summed E-state index contributed by atoms with van der Waals surface area (Å²) in [5, 5.41) is 3.28. The fraction of sp³-hybridized carbons (Fsp3) is 0.594. The number of nitrogens with zero attached hydrogens (tertiary/aromatic N) is 1. The van der Waals surface area contributed by atoms with Gasteiger partial charge >= 0.3 is 0 Å². The number of hydrogen-bond acceptors (Lipinski definition) is 5. The Kier molecular flexibility index (Phi) is 8.29. The van der Waals surface area contributed by atoms with Crippen molar-refractivity contribution >= 4 is 5.91 Å². The van der Waals surface area contributed by atoms with Crippen molar-refractivity contribution in [1.29, 1.82) is 0 Å². The van der Waals surface area contributed by atoms with Gasteiger partial charge in [0.2, 0.25) is 0 Å². The molecule has 2 aromatic rings. The van der Waals surface area contributed by atoms with Crippen LogP contribution in [-0.4, -0.2) is 68.5 Å². The van der Waals surface area contributed by atoms with Gasteiger partial charge in [0.15, 0.2) is 0 Å². The van der Waals surface area contributed by atoms with Crippen LogP contribution in [0.3, 0.4) is 0 Å². The minimum absolute atomic E-state index is 0.00356. The van der Waals surface area contributed by atoms with Crippen LogP contribution in [-0.2, 0) is 22.3 Å². The summed E-state index contributed by atoms with van der Waals surface area (Å²) >= 11 is 0. The molecule has 0 spiro atoms. The first-order valence-corrected chi connectivity index (χ1v) is 14.8. The highest BCUT2D eigenvalue weighted by molar-refractivity contribution is 5.94. The number of aryl methyl sites for hydroxylation is 1. The second-order valence-corrected chi connectivity index (χ2v) is 11.6.